The third kappa shape index (κ3) is 3.50. The zero-order chi connectivity index (χ0) is 18.2. The number of rotatable bonds is 3. The molecule has 0 fully saturated rings. The Labute approximate surface area is 140 Å². The first kappa shape index (κ1) is 17.0. The molecule has 0 saturated heterocycles. The molecular formula is C18H14F3NO3. The number of hydrogen-bond acceptors (Lipinski definition) is 3. The Morgan fingerprint density at radius 2 is 1.84 bits per heavy atom. The molecule has 2 aromatic heterocycles. The van der Waals surface area contributed by atoms with Crippen molar-refractivity contribution in [2.24, 2.45) is 0 Å². The summed E-state index contributed by atoms with van der Waals surface area (Å²) in [6.07, 6.45) is -3.05. The molecule has 0 aliphatic carbocycles. The second-order valence-corrected chi connectivity index (χ2v) is 5.66. The van der Waals surface area contributed by atoms with Crippen LogP contribution in [0.5, 0.6) is 0 Å². The summed E-state index contributed by atoms with van der Waals surface area (Å²) in [5.41, 5.74) is -0.385. The van der Waals surface area contributed by atoms with Crippen LogP contribution in [0.2, 0.25) is 0 Å². The van der Waals surface area contributed by atoms with E-state index in [2.05, 4.69) is 0 Å². The highest BCUT2D eigenvalue weighted by molar-refractivity contribution is 5.80. The van der Waals surface area contributed by atoms with Crippen molar-refractivity contribution in [3.05, 3.63) is 80.1 Å². The highest BCUT2D eigenvalue weighted by Gasteiger charge is 2.31. The fourth-order valence-corrected chi connectivity index (χ4v) is 2.63. The van der Waals surface area contributed by atoms with Crippen LogP contribution in [-0.4, -0.2) is 4.57 Å². The average molecular weight is 349 g/mol. The van der Waals surface area contributed by atoms with Crippen LogP contribution in [0.3, 0.4) is 0 Å². The Balaban J connectivity index is 2.12. The lowest BCUT2D eigenvalue weighted by molar-refractivity contribution is -0.138. The maximum Gasteiger partial charge on any atom is 0.417 e. The predicted octanol–water partition coefficient (Wildman–Crippen LogP) is 3.58. The van der Waals surface area contributed by atoms with Gasteiger partial charge in [0.1, 0.15) is 5.58 Å². The van der Waals surface area contributed by atoms with E-state index in [0.29, 0.717) is 16.5 Å². The van der Waals surface area contributed by atoms with Crippen LogP contribution in [0, 0.1) is 0 Å². The van der Waals surface area contributed by atoms with Crippen LogP contribution in [0.25, 0.3) is 11.0 Å². The van der Waals surface area contributed by atoms with Gasteiger partial charge in [0.2, 0.25) is 0 Å². The van der Waals surface area contributed by atoms with Crippen LogP contribution in [0.4, 0.5) is 13.2 Å². The van der Waals surface area contributed by atoms with Gasteiger partial charge in [0.05, 0.1) is 12.1 Å². The number of fused-ring (bicyclic) bond motifs is 1. The van der Waals surface area contributed by atoms with Gasteiger partial charge >= 0.3 is 11.8 Å². The minimum absolute atomic E-state index is 0.156. The highest BCUT2D eigenvalue weighted by atomic mass is 19.4. The maximum absolute atomic E-state index is 12.9. The van der Waals surface area contributed by atoms with Gasteiger partial charge in [-0.3, -0.25) is 4.79 Å². The number of pyridine rings is 1. The van der Waals surface area contributed by atoms with Crippen molar-refractivity contribution < 1.29 is 17.6 Å². The molecule has 0 radical (unpaired) electrons. The summed E-state index contributed by atoms with van der Waals surface area (Å²) in [6, 6.07) is 8.11. The number of hydrogen-bond donors (Lipinski definition) is 0. The van der Waals surface area contributed by atoms with Crippen molar-refractivity contribution in [3.63, 3.8) is 0 Å². The van der Waals surface area contributed by atoms with Crippen molar-refractivity contribution in [2.45, 2.75) is 26.1 Å². The number of alkyl halides is 3. The molecule has 0 aliphatic rings. The number of halogens is 3. The van der Waals surface area contributed by atoms with E-state index in [0.717, 1.165) is 34.9 Å². The van der Waals surface area contributed by atoms with Gasteiger partial charge < -0.3 is 8.98 Å². The lowest BCUT2D eigenvalue weighted by Gasteiger charge is -2.12. The zero-order valence-electron chi connectivity index (χ0n) is 13.3. The maximum atomic E-state index is 12.9. The molecule has 2 heterocycles. The van der Waals surface area contributed by atoms with Crippen LogP contribution >= 0.6 is 0 Å². The molecule has 0 saturated carbocycles. The molecule has 25 heavy (non-hydrogen) atoms. The van der Waals surface area contributed by atoms with Crippen LogP contribution < -0.4 is 11.2 Å². The molecule has 0 bridgehead atoms. The van der Waals surface area contributed by atoms with Gasteiger partial charge in [-0.05, 0) is 29.7 Å². The van der Waals surface area contributed by atoms with Crippen LogP contribution in [-0.2, 0) is 19.1 Å². The van der Waals surface area contributed by atoms with Gasteiger partial charge in [-0.2, -0.15) is 13.2 Å². The number of nitrogens with zero attached hydrogens (tertiary/aromatic N) is 1. The van der Waals surface area contributed by atoms with E-state index in [1.165, 1.54) is 6.07 Å². The Hall–Kier alpha value is -2.83. The molecule has 130 valence electrons. The Morgan fingerprint density at radius 3 is 2.52 bits per heavy atom. The van der Waals surface area contributed by atoms with Gasteiger partial charge in [-0.1, -0.05) is 19.1 Å². The van der Waals surface area contributed by atoms with E-state index in [1.807, 2.05) is 13.0 Å². The third-order valence-electron chi connectivity index (χ3n) is 3.95. The van der Waals surface area contributed by atoms with Crippen LogP contribution in [0.1, 0.15) is 23.6 Å². The number of benzene rings is 1. The summed E-state index contributed by atoms with van der Waals surface area (Å²) in [7, 11) is 0. The summed E-state index contributed by atoms with van der Waals surface area (Å²) >= 11 is 0. The molecule has 0 amide bonds. The predicted molar refractivity (Wildman–Crippen MR) is 86.7 cm³/mol. The largest absolute Gasteiger partial charge is 0.423 e. The summed E-state index contributed by atoms with van der Waals surface area (Å²) in [5.74, 6) is 0. The highest BCUT2D eigenvalue weighted by Crippen LogP contribution is 2.28. The van der Waals surface area contributed by atoms with Crippen molar-refractivity contribution in [2.75, 3.05) is 0 Å². The molecule has 3 aromatic rings. The topological polar surface area (TPSA) is 52.2 Å². The quantitative estimate of drug-likeness (QED) is 0.679. The summed E-state index contributed by atoms with van der Waals surface area (Å²) in [5, 5.41) is 0.584. The Bertz CT molecular complexity index is 1050. The minimum atomic E-state index is -4.55. The SMILES string of the molecule is CCc1ccc2c(Cn3cc(C(F)(F)F)ccc3=O)cc(=O)oc2c1. The summed E-state index contributed by atoms with van der Waals surface area (Å²) in [4.78, 5) is 23.7. The van der Waals surface area contributed by atoms with Gasteiger partial charge in [-0.25, -0.2) is 4.79 Å². The molecule has 1 aromatic carbocycles. The van der Waals surface area contributed by atoms with E-state index in [9.17, 15) is 22.8 Å². The fraction of sp³-hybridized carbons (Fsp3) is 0.222. The third-order valence-corrected chi connectivity index (χ3v) is 3.95. The van der Waals surface area contributed by atoms with Crippen molar-refractivity contribution in [1.29, 1.82) is 0 Å². The molecule has 0 atom stereocenters. The van der Waals surface area contributed by atoms with E-state index in [1.54, 1.807) is 12.1 Å². The minimum Gasteiger partial charge on any atom is -0.423 e. The second kappa shape index (κ2) is 6.23. The van der Waals surface area contributed by atoms with Gasteiger partial charge in [0.25, 0.3) is 5.56 Å². The first-order valence-electron chi connectivity index (χ1n) is 7.61. The molecular weight excluding hydrogens is 335 g/mol. The van der Waals surface area contributed by atoms with Crippen molar-refractivity contribution >= 4 is 11.0 Å². The van der Waals surface area contributed by atoms with E-state index < -0.39 is 22.9 Å². The lowest BCUT2D eigenvalue weighted by atomic mass is 10.1. The monoisotopic (exact) mass is 349 g/mol. The van der Waals surface area contributed by atoms with Crippen molar-refractivity contribution in [1.82, 2.24) is 4.57 Å². The molecule has 0 unspecified atom stereocenters. The van der Waals surface area contributed by atoms with E-state index >= 15 is 0 Å². The normalized spacial score (nSPS) is 11.8. The van der Waals surface area contributed by atoms with Gasteiger partial charge in [-0.15, -0.1) is 0 Å². The van der Waals surface area contributed by atoms with Crippen LogP contribution in [0.15, 0.2) is 56.6 Å². The number of aryl methyl sites for hydroxylation is 1. The summed E-state index contributed by atoms with van der Waals surface area (Å²) in [6.45, 7) is 1.79. The number of aromatic nitrogens is 1. The second-order valence-electron chi connectivity index (χ2n) is 5.66. The first-order chi connectivity index (χ1) is 11.8. The molecule has 3 rings (SSSR count). The van der Waals surface area contributed by atoms with E-state index in [4.69, 9.17) is 4.42 Å². The molecule has 0 spiro atoms. The standard InChI is InChI=1S/C18H14F3NO3/c1-2-11-3-5-14-12(8-17(24)25-15(14)7-11)9-22-10-13(18(19,20)21)4-6-16(22)23/h3-8,10H,2,9H2,1H3. The summed E-state index contributed by atoms with van der Waals surface area (Å²) < 4.78 is 44.7. The zero-order valence-corrected chi connectivity index (χ0v) is 13.3. The van der Waals surface area contributed by atoms with E-state index in [-0.39, 0.29) is 6.54 Å². The fourth-order valence-electron chi connectivity index (χ4n) is 2.63. The average Bonchev–Trinajstić information content (AvgIpc) is 2.55. The molecule has 7 heteroatoms. The Morgan fingerprint density at radius 1 is 1.08 bits per heavy atom. The lowest BCUT2D eigenvalue weighted by Crippen LogP contribution is -2.22. The molecule has 0 aliphatic heterocycles. The smallest absolute Gasteiger partial charge is 0.417 e. The molecule has 0 N–H and O–H groups in total. The Kier molecular flexibility index (Phi) is 4.24. The van der Waals surface area contributed by atoms with Crippen molar-refractivity contribution in [3.8, 4) is 0 Å². The van der Waals surface area contributed by atoms with Gasteiger partial charge in [0.15, 0.2) is 0 Å². The molecule has 4 nitrogen and oxygen atoms in total. The first-order valence-corrected chi connectivity index (χ1v) is 7.61. The van der Waals surface area contributed by atoms with Gasteiger partial charge in [0, 0.05) is 23.7 Å².